The normalized spacial score (nSPS) is 10.7. The van der Waals surface area contributed by atoms with E-state index in [-0.39, 0.29) is 11.7 Å². The number of thioether (sulfide) groups is 1. The fourth-order valence-corrected chi connectivity index (χ4v) is 3.23. The predicted molar refractivity (Wildman–Crippen MR) is 99.1 cm³/mol. The SMILES string of the molecule is CCCCCCCCCCNC(=O)CCSc1ccc(O)cc1. The molecule has 0 heterocycles. The van der Waals surface area contributed by atoms with Gasteiger partial charge < -0.3 is 10.4 Å². The zero-order valence-electron chi connectivity index (χ0n) is 14.4. The number of amides is 1. The Bertz CT molecular complexity index is 420. The monoisotopic (exact) mass is 337 g/mol. The van der Waals surface area contributed by atoms with E-state index in [1.54, 1.807) is 23.9 Å². The molecule has 0 saturated carbocycles. The van der Waals surface area contributed by atoms with Gasteiger partial charge in [-0.1, -0.05) is 51.9 Å². The van der Waals surface area contributed by atoms with Crippen LogP contribution in [0.25, 0.3) is 0 Å². The molecule has 0 aliphatic rings. The molecule has 4 heteroatoms. The van der Waals surface area contributed by atoms with Gasteiger partial charge in [0.05, 0.1) is 0 Å². The molecule has 0 fully saturated rings. The second-order valence-electron chi connectivity index (χ2n) is 5.92. The van der Waals surface area contributed by atoms with E-state index in [2.05, 4.69) is 12.2 Å². The first-order valence-corrected chi connectivity index (χ1v) is 9.89. The van der Waals surface area contributed by atoms with Crippen molar-refractivity contribution in [2.45, 2.75) is 69.6 Å². The maximum Gasteiger partial charge on any atom is 0.220 e. The van der Waals surface area contributed by atoms with E-state index >= 15 is 0 Å². The van der Waals surface area contributed by atoms with Crippen LogP contribution in [0, 0.1) is 0 Å². The molecule has 1 rings (SSSR count). The van der Waals surface area contributed by atoms with Gasteiger partial charge in [-0.3, -0.25) is 4.79 Å². The number of hydrogen-bond donors (Lipinski definition) is 2. The summed E-state index contributed by atoms with van der Waals surface area (Å²) in [5, 5.41) is 12.2. The average Bonchev–Trinajstić information content (AvgIpc) is 2.55. The van der Waals surface area contributed by atoms with E-state index < -0.39 is 0 Å². The highest BCUT2D eigenvalue weighted by Crippen LogP contribution is 2.21. The quantitative estimate of drug-likeness (QED) is 0.387. The second kappa shape index (κ2) is 13.3. The van der Waals surface area contributed by atoms with Gasteiger partial charge in [0.1, 0.15) is 5.75 Å². The smallest absolute Gasteiger partial charge is 0.220 e. The van der Waals surface area contributed by atoms with Crippen LogP contribution in [0.1, 0.15) is 64.7 Å². The van der Waals surface area contributed by atoms with Crippen molar-refractivity contribution in [3.05, 3.63) is 24.3 Å². The van der Waals surface area contributed by atoms with E-state index in [9.17, 15) is 9.90 Å². The van der Waals surface area contributed by atoms with Crippen molar-refractivity contribution in [2.24, 2.45) is 0 Å². The third-order valence-corrected chi connectivity index (χ3v) is 4.80. The molecule has 0 unspecified atom stereocenters. The molecule has 130 valence electrons. The Hall–Kier alpha value is -1.16. The first kappa shape index (κ1) is 19.9. The maximum atomic E-state index is 11.7. The van der Waals surface area contributed by atoms with Crippen LogP contribution >= 0.6 is 11.8 Å². The summed E-state index contributed by atoms with van der Waals surface area (Å²) < 4.78 is 0. The van der Waals surface area contributed by atoms with Gasteiger partial charge in [-0.2, -0.15) is 0 Å². The number of phenolic OH excluding ortho intramolecular Hbond substituents is 1. The number of carbonyl (C=O) groups is 1. The molecular formula is C19H31NO2S. The van der Waals surface area contributed by atoms with E-state index in [0.29, 0.717) is 6.42 Å². The second-order valence-corrected chi connectivity index (χ2v) is 7.09. The van der Waals surface area contributed by atoms with Crippen LogP contribution in [0.15, 0.2) is 29.2 Å². The highest BCUT2D eigenvalue weighted by molar-refractivity contribution is 7.99. The van der Waals surface area contributed by atoms with Gasteiger partial charge >= 0.3 is 0 Å². The number of hydrogen-bond acceptors (Lipinski definition) is 3. The fourth-order valence-electron chi connectivity index (χ4n) is 2.38. The lowest BCUT2D eigenvalue weighted by molar-refractivity contribution is -0.120. The molecule has 0 aliphatic heterocycles. The van der Waals surface area contributed by atoms with E-state index in [1.165, 1.54) is 44.9 Å². The topological polar surface area (TPSA) is 49.3 Å². The van der Waals surface area contributed by atoms with Crippen molar-refractivity contribution in [1.82, 2.24) is 5.32 Å². The summed E-state index contributed by atoms with van der Waals surface area (Å²) in [6.45, 7) is 3.05. The van der Waals surface area contributed by atoms with Gasteiger partial charge in [0.25, 0.3) is 0 Å². The van der Waals surface area contributed by atoms with Gasteiger partial charge in [0.15, 0.2) is 0 Å². The average molecular weight is 338 g/mol. The van der Waals surface area contributed by atoms with Crippen molar-refractivity contribution >= 4 is 17.7 Å². The molecule has 1 amide bonds. The lowest BCUT2D eigenvalue weighted by Gasteiger charge is -2.06. The first-order chi connectivity index (χ1) is 11.2. The number of aromatic hydroxyl groups is 1. The van der Waals surface area contributed by atoms with E-state index in [4.69, 9.17) is 0 Å². The fraction of sp³-hybridized carbons (Fsp3) is 0.632. The molecule has 0 aliphatic carbocycles. The summed E-state index contributed by atoms with van der Waals surface area (Å²) in [4.78, 5) is 12.8. The van der Waals surface area contributed by atoms with Crippen molar-refractivity contribution in [3.8, 4) is 5.75 Å². The number of rotatable bonds is 13. The van der Waals surface area contributed by atoms with Gasteiger partial charge in [0, 0.05) is 23.6 Å². The van der Waals surface area contributed by atoms with Crippen LogP contribution in [0.2, 0.25) is 0 Å². The highest BCUT2D eigenvalue weighted by Gasteiger charge is 2.02. The van der Waals surface area contributed by atoms with Gasteiger partial charge in [-0.25, -0.2) is 0 Å². The maximum absolute atomic E-state index is 11.7. The molecule has 0 saturated heterocycles. The Balaban J connectivity index is 1.91. The van der Waals surface area contributed by atoms with Crippen LogP contribution in [0.4, 0.5) is 0 Å². The van der Waals surface area contributed by atoms with E-state index in [1.807, 2.05) is 12.1 Å². The van der Waals surface area contributed by atoms with E-state index in [0.717, 1.165) is 23.6 Å². The predicted octanol–water partition coefficient (Wildman–Crippen LogP) is 5.13. The summed E-state index contributed by atoms with van der Waals surface area (Å²) >= 11 is 1.64. The van der Waals surface area contributed by atoms with Crippen LogP contribution in [-0.4, -0.2) is 23.3 Å². The van der Waals surface area contributed by atoms with Crippen LogP contribution < -0.4 is 5.32 Å². The Morgan fingerprint density at radius 3 is 2.26 bits per heavy atom. The van der Waals surface area contributed by atoms with Crippen LogP contribution in [-0.2, 0) is 4.79 Å². The van der Waals surface area contributed by atoms with Crippen molar-refractivity contribution in [2.75, 3.05) is 12.3 Å². The summed E-state index contributed by atoms with van der Waals surface area (Å²) in [5.41, 5.74) is 0. The van der Waals surface area contributed by atoms with Gasteiger partial charge in [-0.15, -0.1) is 11.8 Å². The molecule has 0 spiro atoms. The van der Waals surface area contributed by atoms with Crippen LogP contribution in [0.3, 0.4) is 0 Å². The minimum absolute atomic E-state index is 0.138. The largest absolute Gasteiger partial charge is 0.508 e. The number of nitrogens with one attached hydrogen (secondary N) is 1. The van der Waals surface area contributed by atoms with Crippen molar-refractivity contribution in [1.29, 1.82) is 0 Å². The standard InChI is InChI=1S/C19H31NO2S/c1-2-3-4-5-6-7-8-9-15-20-19(22)14-16-23-18-12-10-17(21)11-13-18/h10-13,21H,2-9,14-16H2,1H3,(H,20,22). The molecular weight excluding hydrogens is 306 g/mol. The van der Waals surface area contributed by atoms with Gasteiger partial charge in [0.2, 0.25) is 5.91 Å². The third kappa shape index (κ3) is 11.1. The zero-order valence-corrected chi connectivity index (χ0v) is 15.2. The lowest BCUT2D eigenvalue weighted by Crippen LogP contribution is -2.24. The Kier molecular flexibility index (Phi) is 11.5. The van der Waals surface area contributed by atoms with Crippen molar-refractivity contribution < 1.29 is 9.90 Å². The number of phenols is 1. The number of benzene rings is 1. The molecule has 1 aromatic rings. The Labute approximate surface area is 145 Å². The van der Waals surface area contributed by atoms with Gasteiger partial charge in [-0.05, 0) is 30.7 Å². The number of unbranched alkanes of at least 4 members (excludes halogenated alkanes) is 7. The Morgan fingerprint density at radius 2 is 1.61 bits per heavy atom. The summed E-state index contributed by atoms with van der Waals surface area (Å²) in [6.07, 6.45) is 10.9. The lowest BCUT2D eigenvalue weighted by atomic mass is 10.1. The molecule has 0 atom stereocenters. The zero-order chi connectivity index (χ0) is 16.8. The summed E-state index contributed by atoms with van der Waals surface area (Å²) in [5.74, 6) is 1.19. The molecule has 2 N–H and O–H groups in total. The molecule has 23 heavy (non-hydrogen) atoms. The first-order valence-electron chi connectivity index (χ1n) is 8.91. The van der Waals surface area contributed by atoms with Crippen LogP contribution in [0.5, 0.6) is 5.75 Å². The summed E-state index contributed by atoms with van der Waals surface area (Å²) in [7, 11) is 0. The molecule has 0 radical (unpaired) electrons. The highest BCUT2D eigenvalue weighted by atomic mass is 32.2. The summed E-state index contributed by atoms with van der Waals surface area (Å²) in [6, 6.07) is 7.09. The molecule has 0 bridgehead atoms. The molecule has 3 nitrogen and oxygen atoms in total. The minimum atomic E-state index is 0.138. The van der Waals surface area contributed by atoms with Crippen molar-refractivity contribution in [3.63, 3.8) is 0 Å². The number of carbonyl (C=O) groups excluding carboxylic acids is 1. The molecule has 0 aromatic heterocycles. The molecule has 1 aromatic carbocycles. The minimum Gasteiger partial charge on any atom is -0.508 e. The third-order valence-electron chi connectivity index (χ3n) is 3.79. The Morgan fingerprint density at radius 1 is 1.00 bits per heavy atom.